The van der Waals surface area contributed by atoms with Crippen LogP contribution in [-0.4, -0.2) is 0 Å². The lowest BCUT2D eigenvalue weighted by Crippen LogP contribution is -1.99. The van der Waals surface area contributed by atoms with Crippen molar-refractivity contribution in [3.63, 3.8) is 0 Å². The molecule has 0 aromatic heterocycles. The summed E-state index contributed by atoms with van der Waals surface area (Å²) in [4.78, 5) is 9.45. The summed E-state index contributed by atoms with van der Waals surface area (Å²) in [7, 11) is 0. The summed E-state index contributed by atoms with van der Waals surface area (Å²) >= 11 is 7.10. The van der Waals surface area contributed by atoms with Crippen LogP contribution in [0.15, 0.2) is 67.5 Å². The predicted octanol–water partition coefficient (Wildman–Crippen LogP) is 4.69. The number of hydrogen-bond donors (Lipinski definition) is 0. The van der Waals surface area contributed by atoms with Gasteiger partial charge >= 0.3 is 0 Å². The molecule has 0 aliphatic carbocycles. The molecule has 2 aliphatic rings. The third-order valence-corrected chi connectivity index (χ3v) is 5.08. The molecule has 2 nitrogen and oxygen atoms in total. The highest BCUT2D eigenvalue weighted by molar-refractivity contribution is 9.10. The lowest BCUT2D eigenvalue weighted by molar-refractivity contribution is 1.35. The summed E-state index contributed by atoms with van der Waals surface area (Å²) in [5, 5.41) is 4.38. The first kappa shape index (κ1) is 12.7. The summed E-state index contributed by atoms with van der Waals surface area (Å²) in [6.07, 6.45) is 0. The van der Waals surface area contributed by atoms with Gasteiger partial charge in [-0.3, -0.25) is 0 Å². The summed E-state index contributed by atoms with van der Waals surface area (Å²) in [6.45, 7) is 0. The number of fused-ring (bicyclic) bond motifs is 5. The second-order valence-electron chi connectivity index (χ2n) is 5.43. The molecule has 0 unspecified atom stereocenters. The monoisotopic (exact) mass is 410 g/mol. The maximum atomic E-state index is 4.72. The highest BCUT2D eigenvalue weighted by atomic mass is 79.9. The molecule has 0 saturated carbocycles. The molecule has 0 amide bonds. The van der Waals surface area contributed by atoms with E-state index in [9.17, 15) is 0 Å². The Morgan fingerprint density at radius 3 is 2.27 bits per heavy atom. The average molecular weight is 412 g/mol. The van der Waals surface area contributed by atoms with Gasteiger partial charge in [0.25, 0.3) is 0 Å². The molecule has 0 radical (unpaired) electrons. The molecule has 0 atom stereocenters. The van der Waals surface area contributed by atoms with Gasteiger partial charge in [0.05, 0.1) is 22.1 Å². The first-order chi connectivity index (χ1) is 10.7. The van der Waals surface area contributed by atoms with Gasteiger partial charge in [-0.2, -0.15) is 0 Å². The Balaban J connectivity index is 1.94. The lowest BCUT2D eigenvalue weighted by atomic mass is 10.0. The SMILES string of the molecule is Brc1ccc2c(c1)-c1cc3c(cc1=N2)N=c1ccc(Br)cc1=3. The van der Waals surface area contributed by atoms with Gasteiger partial charge in [0.1, 0.15) is 0 Å². The zero-order chi connectivity index (χ0) is 14.8. The Kier molecular flexibility index (Phi) is 2.53. The number of benzene rings is 3. The molecular formula is C18H8Br2N2. The van der Waals surface area contributed by atoms with Gasteiger partial charge in [0.2, 0.25) is 0 Å². The van der Waals surface area contributed by atoms with Crippen molar-refractivity contribution < 1.29 is 0 Å². The predicted molar refractivity (Wildman–Crippen MR) is 93.0 cm³/mol. The Morgan fingerprint density at radius 1 is 0.591 bits per heavy atom. The van der Waals surface area contributed by atoms with E-state index < -0.39 is 0 Å². The van der Waals surface area contributed by atoms with E-state index in [2.05, 4.69) is 56.1 Å². The Labute approximate surface area is 142 Å². The van der Waals surface area contributed by atoms with Crippen LogP contribution in [0.5, 0.6) is 0 Å². The molecule has 0 fully saturated rings. The number of halogens is 2. The van der Waals surface area contributed by atoms with Crippen LogP contribution in [0.3, 0.4) is 0 Å². The molecule has 22 heavy (non-hydrogen) atoms. The lowest BCUT2D eigenvalue weighted by Gasteiger charge is -2.00. The van der Waals surface area contributed by atoms with E-state index in [0.29, 0.717) is 0 Å². The van der Waals surface area contributed by atoms with Crippen LogP contribution in [0.2, 0.25) is 0 Å². The summed E-state index contributed by atoms with van der Waals surface area (Å²) in [5.74, 6) is 0. The second kappa shape index (κ2) is 4.37. The zero-order valence-electron chi connectivity index (χ0n) is 11.3. The van der Waals surface area contributed by atoms with Gasteiger partial charge in [0, 0.05) is 30.5 Å². The molecule has 0 spiro atoms. The fourth-order valence-corrected chi connectivity index (χ4v) is 3.82. The number of rotatable bonds is 0. The van der Waals surface area contributed by atoms with E-state index in [0.717, 1.165) is 31.0 Å². The third kappa shape index (κ3) is 1.71. The standard InChI is InChI=1S/C18H8Br2N2/c19-9-1-3-15-11(5-9)13-7-14-12-6-10(20)2-4-16(12)22-18(14)8-17(13)21-15/h1-8H. The van der Waals surface area contributed by atoms with Crippen molar-refractivity contribution in [2.24, 2.45) is 9.98 Å². The Bertz CT molecular complexity index is 1200. The molecule has 0 N–H and O–H groups in total. The van der Waals surface area contributed by atoms with E-state index in [-0.39, 0.29) is 0 Å². The smallest absolute Gasteiger partial charge is 0.0738 e. The molecule has 3 aromatic rings. The van der Waals surface area contributed by atoms with Crippen molar-refractivity contribution in [1.29, 1.82) is 0 Å². The van der Waals surface area contributed by atoms with Gasteiger partial charge in [-0.1, -0.05) is 31.9 Å². The Hall–Kier alpha value is -1.78. The molecule has 0 bridgehead atoms. The topological polar surface area (TPSA) is 24.7 Å². The van der Waals surface area contributed by atoms with Gasteiger partial charge < -0.3 is 0 Å². The number of hydrogen-bond acceptors (Lipinski definition) is 2. The fourth-order valence-electron chi connectivity index (χ4n) is 3.10. The van der Waals surface area contributed by atoms with Crippen molar-refractivity contribution in [2.45, 2.75) is 0 Å². The van der Waals surface area contributed by atoms with E-state index in [1.54, 1.807) is 0 Å². The highest BCUT2D eigenvalue weighted by Gasteiger charge is 2.16. The maximum absolute atomic E-state index is 4.72. The number of nitrogens with zero attached hydrogens (tertiary/aromatic N) is 2. The molecule has 2 aliphatic heterocycles. The first-order valence-corrected chi connectivity index (χ1v) is 8.49. The van der Waals surface area contributed by atoms with Crippen LogP contribution < -0.4 is 10.7 Å². The largest absolute Gasteiger partial charge is 0.248 e. The quantitative estimate of drug-likeness (QED) is 0.353. The fraction of sp³-hybridized carbons (Fsp3) is 0. The van der Waals surface area contributed by atoms with Crippen molar-refractivity contribution in [2.75, 3.05) is 0 Å². The minimum atomic E-state index is 1.00. The highest BCUT2D eigenvalue weighted by Crippen LogP contribution is 2.36. The summed E-state index contributed by atoms with van der Waals surface area (Å²) in [5.41, 5.74) is 4.38. The average Bonchev–Trinajstić information content (AvgIpc) is 3.02. The molecule has 2 heterocycles. The Morgan fingerprint density at radius 2 is 1.36 bits per heavy atom. The van der Waals surface area contributed by atoms with Crippen LogP contribution in [-0.2, 0) is 0 Å². The minimum Gasteiger partial charge on any atom is -0.248 e. The van der Waals surface area contributed by atoms with E-state index >= 15 is 0 Å². The van der Waals surface area contributed by atoms with Crippen LogP contribution in [0.1, 0.15) is 0 Å². The summed E-state index contributed by atoms with van der Waals surface area (Å²) < 4.78 is 2.14. The van der Waals surface area contributed by atoms with Gasteiger partial charge in [-0.05, 0) is 48.5 Å². The molecule has 0 saturated heterocycles. The van der Waals surface area contributed by atoms with Crippen LogP contribution >= 0.6 is 31.9 Å². The minimum absolute atomic E-state index is 1.00. The van der Waals surface area contributed by atoms with Gasteiger partial charge in [-0.25, -0.2) is 9.98 Å². The van der Waals surface area contributed by atoms with Crippen molar-refractivity contribution in [1.82, 2.24) is 0 Å². The van der Waals surface area contributed by atoms with Gasteiger partial charge in [-0.15, -0.1) is 0 Å². The van der Waals surface area contributed by atoms with Crippen LogP contribution in [0, 0.1) is 10.4 Å². The molecular weight excluding hydrogens is 404 g/mol. The van der Waals surface area contributed by atoms with Crippen molar-refractivity contribution in [3.05, 3.63) is 78.6 Å². The third-order valence-electron chi connectivity index (χ3n) is 4.09. The van der Waals surface area contributed by atoms with E-state index in [4.69, 9.17) is 9.98 Å². The van der Waals surface area contributed by atoms with Crippen molar-refractivity contribution in [3.8, 4) is 11.1 Å². The summed E-state index contributed by atoms with van der Waals surface area (Å²) in [6, 6.07) is 16.7. The van der Waals surface area contributed by atoms with E-state index in [1.807, 2.05) is 24.3 Å². The van der Waals surface area contributed by atoms with Crippen LogP contribution in [0.25, 0.3) is 11.1 Å². The zero-order valence-corrected chi connectivity index (χ0v) is 14.4. The molecule has 4 heteroatoms. The molecule has 104 valence electrons. The molecule has 3 aromatic carbocycles. The first-order valence-electron chi connectivity index (χ1n) is 6.90. The van der Waals surface area contributed by atoms with Gasteiger partial charge in [0.15, 0.2) is 0 Å². The van der Waals surface area contributed by atoms with Crippen molar-refractivity contribution >= 4 is 43.2 Å². The maximum Gasteiger partial charge on any atom is 0.0738 e. The molecule has 5 rings (SSSR count). The van der Waals surface area contributed by atoms with Crippen LogP contribution in [0.4, 0.5) is 11.4 Å². The second-order valence-corrected chi connectivity index (χ2v) is 7.26. The normalized spacial score (nSPS) is 12.8. The van der Waals surface area contributed by atoms with E-state index in [1.165, 1.54) is 21.6 Å².